The largest absolute Gasteiger partial charge is 0.384 e. The van der Waals surface area contributed by atoms with Crippen LogP contribution in [-0.4, -0.2) is 60.3 Å². The summed E-state index contributed by atoms with van der Waals surface area (Å²) in [4.78, 5) is 20.6. The van der Waals surface area contributed by atoms with Crippen molar-refractivity contribution in [3.8, 4) is 0 Å². The van der Waals surface area contributed by atoms with E-state index >= 15 is 0 Å². The van der Waals surface area contributed by atoms with Crippen LogP contribution in [0.25, 0.3) is 0 Å². The van der Waals surface area contributed by atoms with E-state index in [1.807, 2.05) is 13.1 Å². The van der Waals surface area contributed by atoms with Crippen molar-refractivity contribution in [3.05, 3.63) is 23.9 Å². The molecule has 1 aliphatic heterocycles. The van der Waals surface area contributed by atoms with Gasteiger partial charge in [0.05, 0.1) is 6.04 Å². The van der Waals surface area contributed by atoms with Gasteiger partial charge in [-0.05, 0) is 31.8 Å². The van der Waals surface area contributed by atoms with Gasteiger partial charge >= 0.3 is 0 Å². The highest BCUT2D eigenvalue weighted by Gasteiger charge is 2.28. The topological polar surface area (TPSA) is 62.5 Å². The van der Waals surface area contributed by atoms with Gasteiger partial charge in [0.25, 0.3) is 0 Å². The van der Waals surface area contributed by atoms with Crippen LogP contribution in [0.15, 0.2) is 18.3 Å². The third-order valence-electron chi connectivity index (χ3n) is 3.45. The number of anilines is 1. The van der Waals surface area contributed by atoms with E-state index in [1.54, 1.807) is 12.3 Å². The highest BCUT2D eigenvalue weighted by Crippen LogP contribution is 2.11. The fraction of sp³-hybridized carbons (Fsp3) is 0.538. The maximum Gasteiger partial charge on any atom is 0.155 e. The van der Waals surface area contributed by atoms with Gasteiger partial charge in [-0.2, -0.15) is 0 Å². The molecule has 1 aromatic rings. The Morgan fingerprint density at radius 3 is 3.00 bits per heavy atom. The van der Waals surface area contributed by atoms with E-state index in [2.05, 4.69) is 21.8 Å². The van der Waals surface area contributed by atoms with Crippen molar-refractivity contribution in [2.24, 2.45) is 0 Å². The number of nitrogen functional groups attached to an aromatic ring is 1. The number of hydrogen-bond donors (Lipinski definition) is 1. The normalized spacial score (nSPS) is 22.0. The minimum absolute atomic E-state index is 0.0156. The molecule has 1 fully saturated rings. The lowest BCUT2D eigenvalue weighted by Crippen LogP contribution is -2.53. The van der Waals surface area contributed by atoms with Crippen LogP contribution in [-0.2, 0) is 11.2 Å². The lowest BCUT2D eigenvalue weighted by molar-refractivity contribution is -0.125. The Kier molecular flexibility index (Phi) is 3.93. The van der Waals surface area contributed by atoms with E-state index in [0.29, 0.717) is 12.2 Å². The molecule has 0 radical (unpaired) electrons. The van der Waals surface area contributed by atoms with Crippen LogP contribution in [0.3, 0.4) is 0 Å². The third-order valence-corrected chi connectivity index (χ3v) is 3.45. The van der Waals surface area contributed by atoms with E-state index < -0.39 is 0 Å². The highest BCUT2D eigenvalue weighted by molar-refractivity contribution is 5.86. The Morgan fingerprint density at radius 2 is 2.28 bits per heavy atom. The number of ketones is 1. The predicted molar refractivity (Wildman–Crippen MR) is 71.3 cm³/mol. The van der Waals surface area contributed by atoms with Crippen molar-refractivity contribution in [3.63, 3.8) is 0 Å². The number of hydrogen-bond acceptors (Lipinski definition) is 5. The Balaban J connectivity index is 2.02. The van der Waals surface area contributed by atoms with Crippen molar-refractivity contribution in [1.29, 1.82) is 0 Å². The molecule has 2 heterocycles. The van der Waals surface area contributed by atoms with Crippen LogP contribution in [0, 0.1) is 0 Å². The fourth-order valence-electron chi connectivity index (χ4n) is 2.28. The monoisotopic (exact) mass is 248 g/mol. The molecule has 0 saturated carbocycles. The second kappa shape index (κ2) is 5.46. The average Bonchev–Trinajstić information content (AvgIpc) is 2.32. The zero-order valence-corrected chi connectivity index (χ0v) is 11.0. The zero-order valence-electron chi connectivity index (χ0n) is 11.0. The van der Waals surface area contributed by atoms with Crippen LogP contribution in [0.4, 0.5) is 5.82 Å². The summed E-state index contributed by atoms with van der Waals surface area (Å²) in [6.07, 6.45) is 2.07. The number of Topliss-reactive ketones (excluding diaryl/α,β-unsaturated/α-hetero) is 1. The quantitative estimate of drug-likeness (QED) is 0.817. The second-order valence-electron chi connectivity index (χ2n) is 4.99. The smallest absolute Gasteiger partial charge is 0.155 e. The minimum atomic E-state index is -0.0156. The molecule has 0 bridgehead atoms. The second-order valence-corrected chi connectivity index (χ2v) is 4.99. The van der Waals surface area contributed by atoms with Crippen LogP contribution >= 0.6 is 0 Å². The number of piperazine rings is 1. The maximum atomic E-state index is 12.3. The number of pyridine rings is 1. The molecule has 1 atom stereocenters. The van der Waals surface area contributed by atoms with Crippen LogP contribution in [0.1, 0.15) is 5.56 Å². The van der Waals surface area contributed by atoms with Gasteiger partial charge in [0.2, 0.25) is 0 Å². The molecule has 98 valence electrons. The molecule has 0 aromatic carbocycles. The molecule has 1 unspecified atom stereocenters. The molecule has 1 aromatic heterocycles. The lowest BCUT2D eigenvalue weighted by atomic mass is 10.0. The molecule has 2 N–H and O–H groups in total. The predicted octanol–water partition coefficient (Wildman–Crippen LogP) is 0.0212. The molecule has 0 spiro atoms. The van der Waals surface area contributed by atoms with E-state index in [9.17, 15) is 4.79 Å². The molecule has 0 aliphatic carbocycles. The fourth-order valence-corrected chi connectivity index (χ4v) is 2.28. The minimum Gasteiger partial charge on any atom is -0.384 e. The molecule has 0 amide bonds. The van der Waals surface area contributed by atoms with E-state index in [4.69, 9.17) is 5.73 Å². The van der Waals surface area contributed by atoms with Gasteiger partial charge in [0.15, 0.2) is 5.78 Å². The van der Waals surface area contributed by atoms with Crippen molar-refractivity contribution < 1.29 is 4.79 Å². The molecule has 1 aliphatic rings. The van der Waals surface area contributed by atoms with Gasteiger partial charge in [0.1, 0.15) is 5.82 Å². The number of likely N-dealkylation sites (N-methyl/N-ethyl adjacent to an activating group) is 2. The van der Waals surface area contributed by atoms with E-state index in [-0.39, 0.29) is 11.8 Å². The molecule has 18 heavy (non-hydrogen) atoms. The van der Waals surface area contributed by atoms with Gasteiger partial charge in [-0.3, -0.25) is 9.69 Å². The zero-order chi connectivity index (χ0) is 13.1. The first-order valence-corrected chi connectivity index (χ1v) is 6.18. The highest BCUT2D eigenvalue weighted by atomic mass is 16.1. The first-order chi connectivity index (χ1) is 8.56. The average molecular weight is 248 g/mol. The van der Waals surface area contributed by atoms with Gasteiger partial charge in [-0.15, -0.1) is 0 Å². The number of carbonyl (C=O) groups is 1. The number of nitrogens with zero attached hydrogens (tertiary/aromatic N) is 3. The number of aromatic nitrogens is 1. The molecular formula is C13H20N4O. The Morgan fingerprint density at radius 1 is 1.50 bits per heavy atom. The van der Waals surface area contributed by atoms with Crippen molar-refractivity contribution in [2.75, 3.05) is 39.5 Å². The summed E-state index contributed by atoms with van der Waals surface area (Å²) in [5, 5.41) is 0. The van der Waals surface area contributed by atoms with E-state index in [1.165, 1.54) is 0 Å². The van der Waals surface area contributed by atoms with Gasteiger partial charge in [-0.1, -0.05) is 0 Å². The maximum absolute atomic E-state index is 12.3. The molecule has 2 rings (SSSR count). The Hall–Kier alpha value is -1.46. The van der Waals surface area contributed by atoms with Crippen molar-refractivity contribution >= 4 is 11.6 Å². The summed E-state index contributed by atoms with van der Waals surface area (Å²) in [6, 6.07) is 3.60. The number of rotatable bonds is 3. The van der Waals surface area contributed by atoms with Gasteiger partial charge in [0, 0.05) is 32.3 Å². The number of nitrogens with two attached hydrogens (primary N) is 1. The Labute approximate surface area is 108 Å². The molecule has 5 nitrogen and oxygen atoms in total. The SMILES string of the molecule is CN1CCN(C)C(C(=O)Cc2ccnc(N)c2)C1. The Bertz CT molecular complexity index is 435. The van der Waals surface area contributed by atoms with Gasteiger partial charge in [-0.25, -0.2) is 4.98 Å². The number of carbonyl (C=O) groups excluding carboxylic acids is 1. The summed E-state index contributed by atoms with van der Waals surface area (Å²) < 4.78 is 0. The summed E-state index contributed by atoms with van der Waals surface area (Å²) in [5.74, 6) is 0.712. The molecular weight excluding hydrogens is 228 g/mol. The summed E-state index contributed by atoms with van der Waals surface area (Å²) in [5.41, 5.74) is 6.56. The summed E-state index contributed by atoms with van der Waals surface area (Å²) >= 11 is 0. The van der Waals surface area contributed by atoms with Crippen LogP contribution < -0.4 is 5.73 Å². The van der Waals surface area contributed by atoms with Crippen LogP contribution in [0.2, 0.25) is 0 Å². The standard InChI is InChI=1S/C13H20N4O/c1-16-5-6-17(2)11(9-16)12(18)7-10-3-4-15-13(14)8-10/h3-4,8,11H,5-7,9H2,1-2H3,(H2,14,15). The van der Waals surface area contributed by atoms with E-state index in [0.717, 1.165) is 25.2 Å². The molecule has 5 heteroatoms. The van der Waals surface area contributed by atoms with Crippen LogP contribution in [0.5, 0.6) is 0 Å². The third kappa shape index (κ3) is 3.05. The molecule has 1 saturated heterocycles. The first-order valence-electron chi connectivity index (χ1n) is 6.18. The van der Waals surface area contributed by atoms with Gasteiger partial charge < -0.3 is 10.6 Å². The first kappa shape index (κ1) is 13.0. The summed E-state index contributed by atoms with van der Waals surface area (Å²) in [7, 11) is 4.06. The van der Waals surface area contributed by atoms with Crippen molar-refractivity contribution in [2.45, 2.75) is 12.5 Å². The lowest BCUT2D eigenvalue weighted by Gasteiger charge is -2.36. The summed E-state index contributed by atoms with van der Waals surface area (Å²) in [6.45, 7) is 2.75. The van der Waals surface area contributed by atoms with Crippen molar-refractivity contribution in [1.82, 2.24) is 14.8 Å².